The van der Waals surface area contributed by atoms with Crippen molar-refractivity contribution in [2.75, 3.05) is 0 Å². The summed E-state index contributed by atoms with van der Waals surface area (Å²) < 4.78 is 5.40. The Morgan fingerprint density at radius 3 is 1.86 bits per heavy atom. The first-order valence-electron chi connectivity index (χ1n) is 11.6. The molecule has 5 nitrogen and oxygen atoms in total. The molecule has 178 valence electrons. The fraction of sp³-hybridized carbons (Fsp3) is 0.0968. The van der Waals surface area contributed by atoms with Crippen LogP contribution in [-0.2, 0) is 15.0 Å². The third-order valence-corrected chi connectivity index (χ3v) is 6.76. The maximum atomic E-state index is 12.1. The van der Waals surface area contributed by atoms with Gasteiger partial charge in [-0.2, -0.15) is 0 Å². The standard InChI is InChI=1S/C31H24O5/c1-19-17-21(11-13-27(19)32)31(25-9-5-3-7-23(25)24-8-4-6-10-26(24)31)22-12-14-28(20(2)18-22)36-30(35)16-15-29(33)34/h3-18,32H,1-2H3,(H,33,34)/b16-15+. The number of aromatic hydroxyl groups is 1. The minimum Gasteiger partial charge on any atom is -0.508 e. The first-order chi connectivity index (χ1) is 17.3. The predicted octanol–water partition coefficient (Wildman–Crippen LogP) is 5.92. The monoisotopic (exact) mass is 476 g/mol. The third-order valence-electron chi connectivity index (χ3n) is 6.76. The number of benzene rings is 4. The number of rotatable bonds is 5. The van der Waals surface area contributed by atoms with Crippen LogP contribution in [0.4, 0.5) is 0 Å². The van der Waals surface area contributed by atoms with Gasteiger partial charge in [0.15, 0.2) is 0 Å². The molecule has 0 heterocycles. The highest BCUT2D eigenvalue weighted by Crippen LogP contribution is 2.56. The number of esters is 1. The topological polar surface area (TPSA) is 83.8 Å². The fourth-order valence-corrected chi connectivity index (χ4v) is 5.19. The number of ether oxygens (including phenoxy) is 1. The van der Waals surface area contributed by atoms with E-state index in [1.165, 1.54) is 0 Å². The summed E-state index contributed by atoms with van der Waals surface area (Å²) in [6.45, 7) is 3.74. The van der Waals surface area contributed by atoms with E-state index >= 15 is 0 Å². The van der Waals surface area contributed by atoms with Crippen molar-refractivity contribution in [1.29, 1.82) is 0 Å². The van der Waals surface area contributed by atoms with Crippen LogP contribution in [0.25, 0.3) is 11.1 Å². The van der Waals surface area contributed by atoms with Gasteiger partial charge >= 0.3 is 11.9 Å². The van der Waals surface area contributed by atoms with Gasteiger partial charge in [-0.15, -0.1) is 0 Å². The molecule has 0 fully saturated rings. The van der Waals surface area contributed by atoms with Gasteiger partial charge < -0.3 is 14.9 Å². The molecule has 1 aliphatic rings. The molecule has 0 saturated carbocycles. The number of carbonyl (C=O) groups excluding carboxylic acids is 1. The van der Waals surface area contributed by atoms with E-state index in [2.05, 4.69) is 24.3 Å². The van der Waals surface area contributed by atoms with Crippen molar-refractivity contribution >= 4 is 11.9 Å². The van der Waals surface area contributed by atoms with Gasteiger partial charge in [0.1, 0.15) is 11.5 Å². The van der Waals surface area contributed by atoms with E-state index in [0.717, 1.165) is 56.7 Å². The lowest BCUT2D eigenvalue weighted by Crippen LogP contribution is -2.28. The van der Waals surface area contributed by atoms with Crippen molar-refractivity contribution in [2.24, 2.45) is 0 Å². The maximum Gasteiger partial charge on any atom is 0.336 e. The molecule has 4 aromatic carbocycles. The molecule has 1 aliphatic carbocycles. The molecule has 2 N–H and O–H groups in total. The third kappa shape index (κ3) is 3.66. The lowest BCUT2D eigenvalue weighted by molar-refractivity contribution is -0.133. The van der Waals surface area contributed by atoms with E-state index in [0.29, 0.717) is 5.75 Å². The van der Waals surface area contributed by atoms with Crippen molar-refractivity contribution in [1.82, 2.24) is 0 Å². The normalized spacial score (nSPS) is 13.3. The Morgan fingerprint density at radius 1 is 0.750 bits per heavy atom. The van der Waals surface area contributed by atoms with E-state index in [4.69, 9.17) is 9.84 Å². The largest absolute Gasteiger partial charge is 0.508 e. The summed E-state index contributed by atoms with van der Waals surface area (Å²) in [6, 6.07) is 28.1. The van der Waals surface area contributed by atoms with Crippen LogP contribution in [0.15, 0.2) is 97.1 Å². The molecule has 5 rings (SSSR count). The van der Waals surface area contributed by atoms with E-state index in [9.17, 15) is 14.7 Å². The Labute approximate surface area is 208 Å². The molecular weight excluding hydrogens is 452 g/mol. The van der Waals surface area contributed by atoms with Crippen LogP contribution in [0.3, 0.4) is 0 Å². The van der Waals surface area contributed by atoms with Crippen molar-refractivity contribution in [3.63, 3.8) is 0 Å². The minimum absolute atomic E-state index is 0.237. The SMILES string of the molecule is Cc1cc(C2(c3ccc(OC(=O)/C=C/C(=O)O)c(C)c3)c3ccccc3-c3ccccc32)ccc1O. The Hall–Kier alpha value is -4.64. The second-order valence-electron chi connectivity index (χ2n) is 8.92. The second kappa shape index (κ2) is 8.86. The van der Waals surface area contributed by atoms with Crippen LogP contribution in [0.5, 0.6) is 11.5 Å². The molecule has 0 aromatic heterocycles. The number of phenols is 1. The predicted molar refractivity (Wildman–Crippen MR) is 137 cm³/mol. The molecule has 36 heavy (non-hydrogen) atoms. The van der Waals surface area contributed by atoms with Gasteiger partial charge in [0.25, 0.3) is 0 Å². The number of hydrogen-bond acceptors (Lipinski definition) is 4. The summed E-state index contributed by atoms with van der Waals surface area (Å²) in [5.74, 6) is -1.38. The van der Waals surface area contributed by atoms with Crippen molar-refractivity contribution in [2.45, 2.75) is 19.3 Å². The average molecular weight is 477 g/mol. The van der Waals surface area contributed by atoms with Gasteiger partial charge in [0.2, 0.25) is 0 Å². The molecule has 0 radical (unpaired) electrons. The summed E-state index contributed by atoms with van der Waals surface area (Å²) in [4.78, 5) is 22.8. The molecule has 0 unspecified atom stereocenters. The molecule has 5 heteroatoms. The van der Waals surface area contributed by atoms with Gasteiger partial charge in [0, 0.05) is 12.2 Å². The molecular formula is C31H24O5. The molecule has 0 saturated heterocycles. The fourth-order valence-electron chi connectivity index (χ4n) is 5.19. The van der Waals surface area contributed by atoms with Crippen LogP contribution in [0.2, 0.25) is 0 Å². The Morgan fingerprint density at radius 2 is 1.31 bits per heavy atom. The zero-order valence-electron chi connectivity index (χ0n) is 19.9. The molecule has 0 amide bonds. The first kappa shape index (κ1) is 23.1. The summed E-state index contributed by atoms with van der Waals surface area (Å²) in [7, 11) is 0. The molecule has 0 aliphatic heterocycles. The van der Waals surface area contributed by atoms with E-state index in [1.807, 2.05) is 62.4 Å². The number of aryl methyl sites for hydroxylation is 2. The zero-order chi connectivity index (χ0) is 25.4. The van der Waals surface area contributed by atoms with Crippen LogP contribution in [0, 0.1) is 13.8 Å². The van der Waals surface area contributed by atoms with Crippen molar-refractivity contribution in [3.8, 4) is 22.6 Å². The van der Waals surface area contributed by atoms with Crippen LogP contribution in [-0.4, -0.2) is 22.2 Å². The number of phenolic OH excluding ortho intramolecular Hbond substituents is 1. The molecule has 0 bridgehead atoms. The van der Waals surface area contributed by atoms with Crippen molar-refractivity contribution in [3.05, 3.63) is 130 Å². The van der Waals surface area contributed by atoms with Crippen LogP contribution in [0.1, 0.15) is 33.4 Å². The number of aliphatic carboxylic acids is 1. The Balaban J connectivity index is 1.74. The number of carboxylic acid groups (broad SMARTS) is 1. The van der Waals surface area contributed by atoms with Crippen LogP contribution >= 0.6 is 0 Å². The molecule has 0 spiro atoms. The Kier molecular flexibility index (Phi) is 5.69. The minimum atomic E-state index is -1.22. The van der Waals surface area contributed by atoms with Crippen molar-refractivity contribution < 1.29 is 24.5 Å². The zero-order valence-corrected chi connectivity index (χ0v) is 19.9. The number of carboxylic acids is 1. The highest BCUT2D eigenvalue weighted by molar-refractivity contribution is 5.92. The highest BCUT2D eigenvalue weighted by Gasteiger charge is 2.46. The lowest BCUT2D eigenvalue weighted by Gasteiger charge is -2.34. The van der Waals surface area contributed by atoms with E-state index in [-0.39, 0.29) is 5.75 Å². The van der Waals surface area contributed by atoms with Gasteiger partial charge in [-0.1, -0.05) is 72.8 Å². The summed E-state index contributed by atoms with van der Waals surface area (Å²) >= 11 is 0. The smallest absolute Gasteiger partial charge is 0.336 e. The Bertz CT molecular complexity index is 1500. The van der Waals surface area contributed by atoms with Gasteiger partial charge in [-0.25, -0.2) is 9.59 Å². The van der Waals surface area contributed by atoms with E-state index < -0.39 is 17.4 Å². The lowest BCUT2D eigenvalue weighted by atomic mass is 9.67. The van der Waals surface area contributed by atoms with E-state index in [1.54, 1.807) is 12.1 Å². The number of carbonyl (C=O) groups is 2. The first-order valence-corrected chi connectivity index (χ1v) is 11.6. The molecule has 0 atom stereocenters. The summed E-state index contributed by atoms with van der Waals surface area (Å²) in [5.41, 5.74) is 7.42. The number of fused-ring (bicyclic) bond motifs is 3. The summed E-state index contributed by atoms with van der Waals surface area (Å²) in [6.07, 6.45) is 1.64. The van der Waals surface area contributed by atoms with Gasteiger partial charge in [0.05, 0.1) is 5.41 Å². The van der Waals surface area contributed by atoms with Gasteiger partial charge in [-0.05, 0) is 70.5 Å². The highest BCUT2D eigenvalue weighted by atomic mass is 16.5. The number of hydrogen-bond donors (Lipinski definition) is 2. The maximum absolute atomic E-state index is 12.1. The quantitative estimate of drug-likeness (QED) is 0.187. The molecule has 4 aromatic rings. The average Bonchev–Trinajstić information content (AvgIpc) is 3.17. The van der Waals surface area contributed by atoms with Gasteiger partial charge in [-0.3, -0.25) is 0 Å². The van der Waals surface area contributed by atoms with Crippen LogP contribution < -0.4 is 4.74 Å². The second-order valence-corrected chi connectivity index (χ2v) is 8.92. The summed E-state index contributed by atoms with van der Waals surface area (Å²) in [5, 5.41) is 19.0.